The predicted molar refractivity (Wildman–Crippen MR) is 109 cm³/mol. The second-order valence-corrected chi connectivity index (χ2v) is 6.80. The van der Waals surface area contributed by atoms with Gasteiger partial charge in [-0.15, -0.1) is 5.10 Å². The molecule has 8 heteroatoms. The van der Waals surface area contributed by atoms with E-state index in [9.17, 15) is 0 Å². The van der Waals surface area contributed by atoms with Crippen LogP contribution in [0.15, 0.2) is 61.1 Å². The second kappa shape index (κ2) is 7.40. The van der Waals surface area contributed by atoms with Crippen molar-refractivity contribution < 1.29 is 4.74 Å². The van der Waals surface area contributed by atoms with Crippen molar-refractivity contribution in [1.82, 2.24) is 34.7 Å². The molecular formula is C21H19N7O. The lowest BCUT2D eigenvalue weighted by molar-refractivity contribution is 0.183. The van der Waals surface area contributed by atoms with Crippen LogP contribution in [0.5, 0.6) is 0 Å². The molecular weight excluding hydrogens is 366 g/mol. The minimum Gasteiger partial charge on any atom is -0.383 e. The zero-order valence-electron chi connectivity index (χ0n) is 15.9. The number of methoxy groups -OCH3 is 1. The number of nitrogens with zero attached hydrogens (tertiary/aromatic N) is 7. The van der Waals surface area contributed by atoms with Crippen LogP contribution in [0, 0.1) is 0 Å². The Hall–Kier alpha value is -3.65. The molecule has 0 N–H and O–H groups in total. The summed E-state index contributed by atoms with van der Waals surface area (Å²) in [5.74, 6) is 0. The van der Waals surface area contributed by atoms with Crippen LogP contribution in [0.1, 0.15) is 5.56 Å². The van der Waals surface area contributed by atoms with E-state index >= 15 is 0 Å². The molecule has 4 heterocycles. The van der Waals surface area contributed by atoms with Gasteiger partial charge in [0.2, 0.25) is 0 Å². The first-order valence-electron chi connectivity index (χ1n) is 9.36. The van der Waals surface area contributed by atoms with Gasteiger partial charge in [-0.3, -0.25) is 9.67 Å². The molecule has 0 saturated heterocycles. The molecule has 5 rings (SSSR count). The number of fused-ring (bicyclic) bond motifs is 2. The molecule has 0 fully saturated rings. The average molecular weight is 385 g/mol. The number of rotatable bonds is 6. The molecule has 0 aliphatic heterocycles. The fraction of sp³-hybridized carbons (Fsp3) is 0.190. The maximum Gasteiger partial charge on any atom is 0.179 e. The van der Waals surface area contributed by atoms with Gasteiger partial charge in [0.1, 0.15) is 5.52 Å². The molecule has 0 bridgehead atoms. The van der Waals surface area contributed by atoms with E-state index in [1.165, 1.54) is 0 Å². The second-order valence-electron chi connectivity index (χ2n) is 6.80. The van der Waals surface area contributed by atoms with Crippen LogP contribution < -0.4 is 0 Å². The summed E-state index contributed by atoms with van der Waals surface area (Å²) >= 11 is 0. The van der Waals surface area contributed by atoms with Gasteiger partial charge in [-0.2, -0.15) is 5.10 Å². The molecule has 0 amide bonds. The SMILES string of the molecule is COCCn1cc(-c2ccc3nnn(Cc4ccc5ncccc5c4)c3n2)cn1. The highest BCUT2D eigenvalue weighted by Gasteiger charge is 2.11. The Morgan fingerprint density at radius 3 is 2.93 bits per heavy atom. The van der Waals surface area contributed by atoms with Gasteiger partial charge in [-0.1, -0.05) is 17.3 Å². The summed E-state index contributed by atoms with van der Waals surface area (Å²) in [5, 5.41) is 14.0. The maximum atomic E-state index is 5.11. The van der Waals surface area contributed by atoms with Crippen LogP contribution in [-0.4, -0.2) is 48.5 Å². The highest BCUT2D eigenvalue weighted by Crippen LogP contribution is 2.21. The Morgan fingerprint density at radius 1 is 1.07 bits per heavy atom. The molecule has 0 atom stereocenters. The lowest BCUT2D eigenvalue weighted by Crippen LogP contribution is -2.04. The van der Waals surface area contributed by atoms with Crippen LogP contribution in [-0.2, 0) is 17.8 Å². The monoisotopic (exact) mass is 385 g/mol. The lowest BCUT2D eigenvalue weighted by Gasteiger charge is -2.05. The summed E-state index contributed by atoms with van der Waals surface area (Å²) in [5.41, 5.74) is 5.41. The zero-order valence-corrected chi connectivity index (χ0v) is 15.9. The molecule has 8 nitrogen and oxygen atoms in total. The fourth-order valence-electron chi connectivity index (χ4n) is 3.32. The van der Waals surface area contributed by atoms with Gasteiger partial charge in [-0.05, 0) is 35.9 Å². The van der Waals surface area contributed by atoms with E-state index in [1.807, 2.05) is 46.0 Å². The van der Waals surface area contributed by atoms with E-state index in [0.717, 1.165) is 38.9 Å². The van der Waals surface area contributed by atoms with Crippen molar-refractivity contribution in [2.45, 2.75) is 13.1 Å². The molecule has 0 spiro atoms. The van der Waals surface area contributed by atoms with Gasteiger partial charge in [0.15, 0.2) is 5.65 Å². The minimum absolute atomic E-state index is 0.588. The Labute approximate surface area is 166 Å². The normalized spacial score (nSPS) is 11.5. The van der Waals surface area contributed by atoms with Gasteiger partial charge < -0.3 is 4.74 Å². The van der Waals surface area contributed by atoms with Gasteiger partial charge in [0.25, 0.3) is 0 Å². The standard InChI is InChI=1S/C21H19N7O/c1-29-10-9-27-14-17(12-23-27)19-6-7-20-21(24-19)28(26-25-20)13-15-4-5-18-16(11-15)3-2-8-22-18/h2-8,11-12,14H,9-10,13H2,1H3. The van der Waals surface area contributed by atoms with Crippen molar-refractivity contribution in [2.24, 2.45) is 0 Å². The molecule has 1 aromatic carbocycles. The summed E-state index contributed by atoms with van der Waals surface area (Å²) in [7, 11) is 1.68. The summed E-state index contributed by atoms with van der Waals surface area (Å²) in [6.45, 7) is 1.91. The Morgan fingerprint density at radius 2 is 2.00 bits per heavy atom. The first-order chi connectivity index (χ1) is 14.3. The van der Waals surface area contributed by atoms with E-state index in [1.54, 1.807) is 13.3 Å². The third kappa shape index (κ3) is 3.45. The molecule has 0 saturated carbocycles. The lowest BCUT2D eigenvalue weighted by atomic mass is 10.1. The first-order valence-corrected chi connectivity index (χ1v) is 9.36. The van der Waals surface area contributed by atoms with E-state index in [2.05, 4.69) is 38.6 Å². The summed E-state index contributed by atoms with van der Waals surface area (Å²) in [4.78, 5) is 9.17. The van der Waals surface area contributed by atoms with E-state index in [-0.39, 0.29) is 0 Å². The van der Waals surface area contributed by atoms with Crippen molar-refractivity contribution in [1.29, 1.82) is 0 Å². The largest absolute Gasteiger partial charge is 0.383 e. The highest BCUT2D eigenvalue weighted by molar-refractivity contribution is 5.79. The summed E-state index contributed by atoms with van der Waals surface area (Å²) in [6, 6.07) is 14.1. The number of benzene rings is 1. The molecule has 0 aliphatic carbocycles. The van der Waals surface area contributed by atoms with Gasteiger partial charge in [0, 0.05) is 30.5 Å². The summed E-state index contributed by atoms with van der Waals surface area (Å²) in [6.07, 6.45) is 5.59. The number of hydrogen-bond acceptors (Lipinski definition) is 6. The first kappa shape index (κ1) is 17.4. The van der Waals surface area contributed by atoms with Crippen molar-refractivity contribution in [2.75, 3.05) is 13.7 Å². The quantitative estimate of drug-likeness (QED) is 0.447. The molecule has 0 radical (unpaired) electrons. The van der Waals surface area contributed by atoms with Crippen LogP contribution in [0.3, 0.4) is 0 Å². The van der Waals surface area contributed by atoms with Crippen molar-refractivity contribution in [3.63, 3.8) is 0 Å². The molecule has 4 aromatic heterocycles. The van der Waals surface area contributed by atoms with Crippen LogP contribution in [0.2, 0.25) is 0 Å². The van der Waals surface area contributed by atoms with Crippen LogP contribution in [0.25, 0.3) is 33.3 Å². The third-order valence-electron chi connectivity index (χ3n) is 4.81. The maximum absolute atomic E-state index is 5.11. The smallest absolute Gasteiger partial charge is 0.179 e. The van der Waals surface area contributed by atoms with E-state index < -0.39 is 0 Å². The zero-order chi connectivity index (χ0) is 19.6. The predicted octanol–water partition coefficient (Wildman–Crippen LogP) is 2.93. The molecule has 0 unspecified atom stereocenters. The Bertz CT molecular complexity index is 1290. The molecule has 5 aromatic rings. The Balaban J connectivity index is 1.46. The average Bonchev–Trinajstić information content (AvgIpc) is 3.39. The minimum atomic E-state index is 0.588. The van der Waals surface area contributed by atoms with Gasteiger partial charge in [0.05, 0.1) is 37.1 Å². The van der Waals surface area contributed by atoms with E-state index in [0.29, 0.717) is 19.7 Å². The highest BCUT2D eigenvalue weighted by atomic mass is 16.5. The number of hydrogen-bond donors (Lipinski definition) is 0. The Kier molecular flexibility index (Phi) is 4.45. The molecule has 0 aliphatic rings. The summed E-state index contributed by atoms with van der Waals surface area (Å²) < 4.78 is 8.78. The van der Waals surface area contributed by atoms with Crippen molar-refractivity contribution in [3.8, 4) is 11.3 Å². The van der Waals surface area contributed by atoms with Gasteiger partial charge in [-0.25, -0.2) is 9.67 Å². The number of aromatic nitrogens is 7. The van der Waals surface area contributed by atoms with Crippen molar-refractivity contribution in [3.05, 3.63) is 66.6 Å². The fourth-order valence-corrected chi connectivity index (χ4v) is 3.32. The van der Waals surface area contributed by atoms with E-state index in [4.69, 9.17) is 9.72 Å². The van der Waals surface area contributed by atoms with Crippen LogP contribution >= 0.6 is 0 Å². The number of pyridine rings is 2. The topological polar surface area (TPSA) is 83.5 Å². The third-order valence-corrected chi connectivity index (χ3v) is 4.81. The van der Waals surface area contributed by atoms with Gasteiger partial charge >= 0.3 is 0 Å². The molecule has 29 heavy (non-hydrogen) atoms. The van der Waals surface area contributed by atoms with Crippen LogP contribution in [0.4, 0.5) is 0 Å². The number of ether oxygens (including phenoxy) is 1. The molecule has 144 valence electrons. The van der Waals surface area contributed by atoms with Crippen molar-refractivity contribution >= 4 is 22.1 Å².